The number of nitrogens with one attached hydrogen (secondary N) is 1. The second-order valence-electron chi connectivity index (χ2n) is 4.35. The average molecular weight is 306 g/mol. The van der Waals surface area contributed by atoms with Crippen LogP contribution in [0.15, 0.2) is 41.8 Å². The predicted molar refractivity (Wildman–Crippen MR) is 83.7 cm³/mol. The highest BCUT2D eigenvalue weighted by atomic mass is 32.1. The zero-order valence-electron chi connectivity index (χ0n) is 11.7. The Balaban J connectivity index is 1.96. The van der Waals surface area contributed by atoms with Gasteiger partial charge in [-0.1, -0.05) is 12.1 Å². The number of carbonyl (C=O) groups excluding carboxylic acids is 1. The standard InChI is InChI=1S/C15H18N2O3S/c1-19-7-8-20-12-5-2-4-11(10-12)17-15(18)14(16)13-6-3-9-21-13/h2-6,9-10,14H,7-8,16H2,1H3,(H,17,18). The summed E-state index contributed by atoms with van der Waals surface area (Å²) in [6, 6.07) is 10.2. The van der Waals surface area contributed by atoms with E-state index in [1.165, 1.54) is 11.3 Å². The maximum absolute atomic E-state index is 12.1. The molecule has 0 saturated carbocycles. The van der Waals surface area contributed by atoms with Crippen LogP contribution in [-0.2, 0) is 9.53 Å². The van der Waals surface area contributed by atoms with Gasteiger partial charge in [-0.05, 0) is 23.6 Å². The molecule has 6 heteroatoms. The van der Waals surface area contributed by atoms with E-state index < -0.39 is 6.04 Å². The molecule has 21 heavy (non-hydrogen) atoms. The van der Waals surface area contributed by atoms with Crippen molar-refractivity contribution >= 4 is 22.9 Å². The highest BCUT2D eigenvalue weighted by molar-refractivity contribution is 7.10. The second kappa shape index (κ2) is 7.78. The van der Waals surface area contributed by atoms with Crippen LogP contribution in [0.2, 0.25) is 0 Å². The van der Waals surface area contributed by atoms with Crippen molar-refractivity contribution in [1.29, 1.82) is 0 Å². The topological polar surface area (TPSA) is 73.6 Å². The molecule has 112 valence electrons. The van der Waals surface area contributed by atoms with Gasteiger partial charge in [0.15, 0.2) is 0 Å². The number of carbonyl (C=O) groups is 1. The Labute approximate surface area is 127 Å². The van der Waals surface area contributed by atoms with Crippen LogP contribution in [0.1, 0.15) is 10.9 Å². The van der Waals surface area contributed by atoms with E-state index in [0.717, 1.165) is 4.88 Å². The molecule has 3 N–H and O–H groups in total. The minimum absolute atomic E-state index is 0.244. The number of nitrogens with two attached hydrogens (primary N) is 1. The first-order chi connectivity index (χ1) is 10.2. The number of anilines is 1. The van der Waals surface area contributed by atoms with Crippen LogP contribution in [0.3, 0.4) is 0 Å². The van der Waals surface area contributed by atoms with Crippen LogP contribution < -0.4 is 15.8 Å². The number of ether oxygens (including phenoxy) is 2. The third-order valence-electron chi connectivity index (χ3n) is 2.79. The molecule has 0 bridgehead atoms. The van der Waals surface area contributed by atoms with Crippen molar-refractivity contribution in [3.8, 4) is 5.75 Å². The fourth-order valence-electron chi connectivity index (χ4n) is 1.72. The Morgan fingerprint density at radius 2 is 2.19 bits per heavy atom. The summed E-state index contributed by atoms with van der Waals surface area (Å²) in [7, 11) is 1.62. The van der Waals surface area contributed by atoms with E-state index in [9.17, 15) is 4.79 Å². The predicted octanol–water partition coefficient (Wildman–Crippen LogP) is 2.41. The van der Waals surface area contributed by atoms with Gasteiger partial charge in [-0.2, -0.15) is 0 Å². The summed E-state index contributed by atoms with van der Waals surface area (Å²) >= 11 is 1.46. The summed E-state index contributed by atoms with van der Waals surface area (Å²) in [5, 5.41) is 4.69. The number of hydrogen-bond acceptors (Lipinski definition) is 5. The van der Waals surface area contributed by atoms with Crippen molar-refractivity contribution in [2.45, 2.75) is 6.04 Å². The second-order valence-corrected chi connectivity index (χ2v) is 5.33. The van der Waals surface area contributed by atoms with E-state index in [1.54, 1.807) is 19.2 Å². The molecule has 0 aliphatic carbocycles. The fraction of sp³-hybridized carbons (Fsp3) is 0.267. The highest BCUT2D eigenvalue weighted by Crippen LogP contribution is 2.21. The summed E-state index contributed by atoms with van der Waals surface area (Å²) in [5.41, 5.74) is 6.57. The first-order valence-electron chi connectivity index (χ1n) is 6.52. The van der Waals surface area contributed by atoms with Gasteiger partial charge in [0.25, 0.3) is 0 Å². The third-order valence-corrected chi connectivity index (χ3v) is 3.75. The van der Waals surface area contributed by atoms with Gasteiger partial charge in [-0.3, -0.25) is 4.79 Å². The quantitative estimate of drug-likeness (QED) is 0.770. The number of methoxy groups -OCH3 is 1. The summed E-state index contributed by atoms with van der Waals surface area (Å²) in [4.78, 5) is 12.9. The Kier molecular flexibility index (Phi) is 5.74. The molecule has 0 saturated heterocycles. The Hall–Kier alpha value is -1.89. The van der Waals surface area contributed by atoms with Crippen molar-refractivity contribution in [2.75, 3.05) is 25.6 Å². The van der Waals surface area contributed by atoms with Crippen molar-refractivity contribution in [3.63, 3.8) is 0 Å². The van der Waals surface area contributed by atoms with Crippen molar-refractivity contribution < 1.29 is 14.3 Å². The van der Waals surface area contributed by atoms with Crippen LogP contribution >= 0.6 is 11.3 Å². The summed E-state index contributed by atoms with van der Waals surface area (Å²) in [6.45, 7) is 0.975. The molecule has 1 heterocycles. The molecule has 0 fully saturated rings. The Bertz CT molecular complexity index is 572. The van der Waals surface area contributed by atoms with Crippen molar-refractivity contribution in [2.24, 2.45) is 5.73 Å². The molecule has 2 aromatic rings. The van der Waals surface area contributed by atoms with Gasteiger partial charge in [0.05, 0.1) is 6.61 Å². The normalized spacial score (nSPS) is 11.9. The van der Waals surface area contributed by atoms with Crippen LogP contribution in [0.5, 0.6) is 5.75 Å². The molecular formula is C15H18N2O3S. The van der Waals surface area contributed by atoms with Gasteiger partial charge >= 0.3 is 0 Å². The SMILES string of the molecule is COCCOc1cccc(NC(=O)C(N)c2cccs2)c1. The van der Waals surface area contributed by atoms with Gasteiger partial charge in [0.2, 0.25) is 5.91 Å². The van der Waals surface area contributed by atoms with Crippen LogP contribution in [0, 0.1) is 0 Å². The molecule has 1 atom stereocenters. The third kappa shape index (κ3) is 4.56. The van der Waals surface area contributed by atoms with E-state index >= 15 is 0 Å². The molecule has 0 aliphatic rings. The number of thiophene rings is 1. The molecule has 1 aromatic heterocycles. The van der Waals surface area contributed by atoms with Gasteiger partial charge in [-0.15, -0.1) is 11.3 Å². The average Bonchev–Trinajstić information content (AvgIpc) is 3.01. The molecule has 0 spiro atoms. The molecule has 2 rings (SSSR count). The molecular weight excluding hydrogens is 288 g/mol. The first-order valence-corrected chi connectivity index (χ1v) is 7.40. The molecule has 1 unspecified atom stereocenters. The zero-order valence-corrected chi connectivity index (χ0v) is 12.6. The lowest BCUT2D eigenvalue weighted by Crippen LogP contribution is -2.26. The molecule has 5 nitrogen and oxygen atoms in total. The van der Waals surface area contributed by atoms with E-state index in [4.69, 9.17) is 15.2 Å². The van der Waals surface area contributed by atoms with E-state index in [2.05, 4.69) is 5.32 Å². The van der Waals surface area contributed by atoms with Crippen LogP contribution in [0.25, 0.3) is 0 Å². The lowest BCUT2D eigenvalue weighted by atomic mass is 10.2. The minimum atomic E-state index is -0.664. The van der Waals surface area contributed by atoms with Gasteiger partial charge in [-0.25, -0.2) is 0 Å². The van der Waals surface area contributed by atoms with Gasteiger partial charge in [0, 0.05) is 23.7 Å². The smallest absolute Gasteiger partial charge is 0.246 e. The van der Waals surface area contributed by atoms with E-state index in [1.807, 2.05) is 29.6 Å². The summed E-state index contributed by atoms with van der Waals surface area (Å²) in [6.07, 6.45) is 0. The largest absolute Gasteiger partial charge is 0.491 e. The van der Waals surface area contributed by atoms with E-state index in [0.29, 0.717) is 24.7 Å². The van der Waals surface area contributed by atoms with Crippen molar-refractivity contribution in [1.82, 2.24) is 0 Å². The van der Waals surface area contributed by atoms with E-state index in [-0.39, 0.29) is 5.91 Å². The molecule has 1 aromatic carbocycles. The fourth-order valence-corrected chi connectivity index (χ4v) is 2.45. The van der Waals surface area contributed by atoms with Crippen LogP contribution in [-0.4, -0.2) is 26.2 Å². The Morgan fingerprint density at radius 1 is 1.33 bits per heavy atom. The maximum Gasteiger partial charge on any atom is 0.246 e. The molecule has 0 radical (unpaired) electrons. The Morgan fingerprint density at radius 3 is 2.90 bits per heavy atom. The van der Waals surface area contributed by atoms with Crippen LogP contribution in [0.4, 0.5) is 5.69 Å². The molecule has 1 amide bonds. The number of amides is 1. The highest BCUT2D eigenvalue weighted by Gasteiger charge is 2.16. The zero-order chi connectivity index (χ0) is 15.1. The number of benzene rings is 1. The monoisotopic (exact) mass is 306 g/mol. The molecule has 0 aliphatic heterocycles. The first kappa shape index (κ1) is 15.5. The number of rotatable bonds is 7. The van der Waals surface area contributed by atoms with Gasteiger partial charge < -0.3 is 20.5 Å². The number of hydrogen-bond donors (Lipinski definition) is 2. The summed E-state index contributed by atoms with van der Waals surface area (Å²) in [5.74, 6) is 0.432. The lowest BCUT2D eigenvalue weighted by Gasteiger charge is -2.12. The van der Waals surface area contributed by atoms with Gasteiger partial charge in [0.1, 0.15) is 18.4 Å². The van der Waals surface area contributed by atoms with Crippen molar-refractivity contribution in [3.05, 3.63) is 46.7 Å². The minimum Gasteiger partial charge on any atom is -0.491 e. The summed E-state index contributed by atoms with van der Waals surface area (Å²) < 4.78 is 10.4. The maximum atomic E-state index is 12.1. The lowest BCUT2D eigenvalue weighted by molar-refractivity contribution is -0.117.